The first-order chi connectivity index (χ1) is 4.36. The van der Waals surface area contributed by atoms with Crippen LogP contribution in [0, 0.1) is 0 Å². The van der Waals surface area contributed by atoms with Gasteiger partial charge in [0.05, 0.1) is 6.20 Å². The summed E-state index contributed by atoms with van der Waals surface area (Å²) >= 11 is 0. The van der Waals surface area contributed by atoms with Gasteiger partial charge in [0, 0.05) is 20.2 Å². The quantitative estimate of drug-likeness (QED) is 0.590. The van der Waals surface area contributed by atoms with Crippen molar-refractivity contribution in [2.45, 2.75) is 0 Å². The van der Waals surface area contributed by atoms with E-state index >= 15 is 0 Å². The minimum absolute atomic E-state index is 0.865. The molecule has 4 nitrogen and oxygen atoms in total. The van der Waals surface area contributed by atoms with Gasteiger partial charge in [0.15, 0.2) is 0 Å². The molecule has 9 heavy (non-hydrogen) atoms. The molecule has 0 aliphatic carbocycles. The Kier molecular flexibility index (Phi) is 1.58. The van der Waals surface area contributed by atoms with Crippen molar-refractivity contribution in [3.05, 3.63) is 12.3 Å². The minimum Gasteiger partial charge on any atom is -0.372 e. The Hall–Kier alpha value is -1.19. The predicted octanol–water partition coefficient (Wildman–Crippen LogP) is 0.0981. The highest BCUT2D eigenvalue weighted by Gasteiger charge is 1.89. The van der Waals surface area contributed by atoms with Gasteiger partial charge < -0.3 is 10.7 Å². The number of rotatable bonds is 2. The summed E-state index contributed by atoms with van der Waals surface area (Å²) in [4.78, 5) is 1.63. The van der Waals surface area contributed by atoms with E-state index in [4.69, 9.17) is 0 Å². The SMILES string of the molecule is CNc1ccn(NC)n1. The first kappa shape index (κ1) is 5.94. The van der Waals surface area contributed by atoms with Crippen molar-refractivity contribution >= 4 is 5.82 Å². The number of anilines is 1. The first-order valence-corrected chi connectivity index (χ1v) is 2.78. The lowest BCUT2D eigenvalue weighted by atomic mass is 10.6. The van der Waals surface area contributed by atoms with Crippen LogP contribution in [-0.2, 0) is 0 Å². The Morgan fingerprint density at radius 1 is 1.56 bits per heavy atom. The topological polar surface area (TPSA) is 41.9 Å². The van der Waals surface area contributed by atoms with Gasteiger partial charge in [0.25, 0.3) is 0 Å². The normalized spacial score (nSPS) is 9.11. The molecule has 0 fully saturated rings. The highest BCUT2D eigenvalue weighted by Crippen LogP contribution is 1.96. The summed E-state index contributed by atoms with van der Waals surface area (Å²) in [5.74, 6) is 0.865. The smallest absolute Gasteiger partial charge is 0.149 e. The van der Waals surface area contributed by atoms with Gasteiger partial charge in [0.2, 0.25) is 0 Å². The van der Waals surface area contributed by atoms with E-state index in [9.17, 15) is 0 Å². The van der Waals surface area contributed by atoms with E-state index in [2.05, 4.69) is 15.8 Å². The highest BCUT2D eigenvalue weighted by molar-refractivity contribution is 5.30. The third-order valence-electron chi connectivity index (χ3n) is 1.07. The van der Waals surface area contributed by atoms with Gasteiger partial charge >= 0.3 is 0 Å². The Labute approximate surface area is 53.8 Å². The van der Waals surface area contributed by atoms with E-state index in [1.807, 2.05) is 26.4 Å². The number of nitrogens with zero attached hydrogens (tertiary/aromatic N) is 2. The van der Waals surface area contributed by atoms with Crippen LogP contribution in [0.3, 0.4) is 0 Å². The predicted molar refractivity (Wildman–Crippen MR) is 37.1 cm³/mol. The molecule has 50 valence electrons. The van der Waals surface area contributed by atoms with Gasteiger partial charge in [-0.1, -0.05) is 0 Å². The van der Waals surface area contributed by atoms with E-state index in [-0.39, 0.29) is 0 Å². The van der Waals surface area contributed by atoms with Gasteiger partial charge in [-0.05, 0) is 0 Å². The van der Waals surface area contributed by atoms with Crippen molar-refractivity contribution in [1.29, 1.82) is 0 Å². The standard InChI is InChI=1S/C5H10N4/c1-6-5-3-4-9(7-2)8-5/h3-4,7H,1-2H3,(H,6,8). The van der Waals surface area contributed by atoms with Crippen LogP contribution in [0.15, 0.2) is 12.3 Å². The Morgan fingerprint density at radius 3 is 2.67 bits per heavy atom. The van der Waals surface area contributed by atoms with Crippen LogP contribution in [0.2, 0.25) is 0 Å². The number of hydrogen-bond donors (Lipinski definition) is 2. The van der Waals surface area contributed by atoms with Crippen LogP contribution >= 0.6 is 0 Å². The van der Waals surface area contributed by atoms with Crippen LogP contribution in [0.4, 0.5) is 5.82 Å². The fraction of sp³-hybridized carbons (Fsp3) is 0.400. The van der Waals surface area contributed by atoms with E-state index in [1.54, 1.807) is 4.79 Å². The van der Waals surface area contributed by atoms with Crippen LogP contribution in [0.1, 0.15) is 0 Å². The average Bonchev–Trinajstić information content (AvgIpc) is 2.34. The van der Waals surface area contributed by atoms with Gasteiger partial charge in [-0.15, -0.1) is 5.10 Å². The number of hydrogen-bond acceptors (Lipinski definition) is 3. The van der Waals surface area contributed by atoms with Crippen LogP contribution in [-0.4, -0.2) is 24.0 Å². The fourth-order valence-corrected chi connectivity index (χ4v) is 0.582. The van der Waals surface area contributed by atoms with Crippen molar-refractivity contribution in [2.24, 2.45) is 0 Å². The molecule has 1 aromatic heterocycles. The fourth-order valence-electron chi connectivity index (χ4n) is 0.582. The summed E-state index contributed by atoms with van der Waals surface area (Å²) in [6.07, 6.45) is 1.84. The van der Waals surface area contributed by atoms with Crippen LogP contribution in [0.25, 0.3) is 0 Å². The third kappa shape index (κ3) is 1.13. The maximum Gasteiger partial charge on any atom is 0.149 e. The van der Waals surface area contributed by atoms with E-state index in [0.29, 0.717) is 0 Å². The van der Waals surface area contributed by atoms with Crippen molar-refractivity contribution in [1.82, 2.24) is 9.89 Å². The summed E-state index contributed by atoms with van der Waals surface area (Å²) in [5.41, 5.74) is 2.85. The zero-order chi connectivity index (χ0) is 6.69. The summed E-state index contributed by atoms with van der Waals surface area (Å²) in [6, 6.07) is 1.89. The molecular formula is C5H10N4. The molecule has 0 amide bonds. The second-order valence-electron chi connectivity index (χ2n) is 1.62. The number of nitrogens with one attached hydrogen (secondary N) is 2. The molecule has 0 radical (unpaired) electrons. The molecule has 2 N–H and O–H groups in total. The molecule has 0 aromatic carbocycles. The maximum absolute atomic E-state index is 4.04. The molecule has 1 rings (SSSR count). The highest BCUT2D eigenvalue weighted by atomic mass is 15.5. The third-order valence-corrected chi connectivity index (χ3v) is 1.07. The van der Waals surface area contributed by atoms with Gasteiger partial charge in [-0.25, -0.2) is 0 Å². The van der Waals surface area contributed by atoms with Crippen molar-refractivity contribution in [2.75, 3.05) is 24.8 Å². The number of aromatic nitrogens is 2. The first-order valence-electron chi connectivity index (χ1n) is 2.78. The minimum atomic E-state index is 0.865. The van der Waals surface area contributed by atoms with Gasteiger partial charge in [-0.2, -0.15) is 4.79 Å². The van der Waals surface area contributed by atoms with Crippen LogP contribution in [0.5, 0.6) is 0 Å². The molecule has 1 aromatic rings. The monoisotopic (exact) mass is 126 g/mol. The molecule has 0 spiro atoms. The Bertz CT molecular complexity index is 162. The second kappa shape index (κ2) is 2.39. The summed E-state index contributed by atoms with van der Waals surface area (Å²) in [7, 11) is 3.65. The molecule has 1 heterocycles. The summed E-state index contributed by atoms with van der Waals surface area (Å²) in [6.45, 7) is 0. The largest absolute Gasteiger partial charge is 0.372 e. The molecule has 0 saturated heterocycles. The van der Waals surface area contributed by atoms with Crippen molar-refractivity contribution < 1.29 is 0 Å². The van der Waals surface area contributed by atoms with Gasteiger partial charge in [-0.3, -0.25) is 0 Å². The summed E-state index contributed by atoms with van der Waals surface area (Å²) < 4.78 is 0. The zero-order valence-electron chi connectivity index (χ0n) is 5.55. The van der Waals surface area contributed by atoms with Crippen LogP contribution < -0.4 is 10.7 Å². The maximum atomic E-state index is 4.04. The second-order valence-corrected chi connectivity index (χ2v) is 1.62. The van der Waals surface area contributed by atoms with E-state index < -0.39 is 0 Å². The lowest BCUT2D eigenvalue weighted by molar-refractivity contribution is 0.785. The molecule has 0 aliphatic rings. The Balaban J connectivity index is 2.74. The molecule has 0 aliphatic heterocycles. The Morgan fingerprint density at radius 2 is 2.33 bits per heavy atom. The molecular weight excluding hydrogens is 116 g/mol. The average molecular weight is 126 g/mol. The molecule has 4 heteroatoms. The molecule has 0 unspecified atom stereocenters. The van der Waals surface area contributed by atoms with E-state index in [1.165, 1.54) is 0 Å². The lowest BCUT2D eigenvalue weighted by Crippen LogP contribution is -2.08. The molecule has 0 atom stereocenters. The molecule has 0 bridgehead atoms. The van der Waals surface area contributed by atoms with E-state index in [0.717, 1.165) is 5.82 Å². The zero-order valence-corrected chi connectivity index (χ0v) is 5.55. The lowest BCUT2D eigenvalue weighted by Gasteiger charge is -1.95. The van der Waals surface area contributed by atoms with Crippen molar-refractivity contribution in [3.63, 3.8) is 0 Å². The van der Waals surface area contributed by atoms with Crippen molar-refractivity contribution in [3.8, 4) is 0 Å². The summed E-state index contributed by atoms with van der Waals surface area (Å²) in [5, 5.41) is 6.95. The van der Waals surface area contributed by atoms with Gasteiger partial charge in [0.1, 0.15) is 5.82 Å². The molecule has 0 saturated carbocycles.